The van der Waals surface area contributed by atoms with Crippen molar-refractivity contribution in [1.82, 2.24) is 0 Å². The van der Waals surface area contributed by atoms with Crippen LogP contribution in [0.25, 0.3) is 11.6 Å². The number of hydrogen-bond acceptors (Lipinski definition) is 0. The van der Waals surface area contributed by atoms with E-state index in [-0.39, 0.29) is 0 Å². The van der Waals surface area contributed by atoms with Crippen LogP contribution in [-0.4, -0.2) is 0 Å². The Balaban J connectivity index is 0.000000200. The van der Waals surface area contributed by atoms with Crippen molar-refractivity contribution in [2.45, 2.75) is 20.8 Å². The van der Waals surface area contributed by atoms with Gasteiger partial charge in [0.15, 0.2) is 0 Å². The molecule has 2 aromatic rings. The van der Waals surface area contributed by atoms with Crippen molar-refractivity contribution < 1.29 is 0 Å². The van der Waals surface area contributed by atoms with Gasteiger partial charge in [-0.15, -0.1) is 0 Å². The first-order valence-electron chi connectivity index (χ1n) is 6.52. The number of hydrogen-bond donors (Lipinski definition) is 0. The predicted octanol–water partition coefficient (Wildman–Crippen LogP) is 5.83. The lowest BCUT2D eigenvalue weighted by Gasteiger charge is -2.02. The molecule has 0 heterocycles. The summed E-state index contributed by atoms with van der Waals surface area (Å²) in [5.74, 6) is 0. The van der Waals surface area contributed by atoms with Crippen LogP contribution in [0, 0.1) is 0 Å². The summed E-state index contributed by atoms with van der Waals surface area (Å²) >= 11 is 0. The van der Waals surface area contributed by atoms with E-state index >= 15 is 0 Å². The van der Waals surface area contributed by atoms with E-state index in [1.54, 1.807) is 0 Å². The molecule has 2 rings (SSSR count). The molecule has 0 saturated heterocycles. The van der Waals surface area contributed by atoms with E-state index in [4.69, 9.17) is 0 Å². The van der Waals surface area contributed by atoms with Crippen LogP contribution in [0.3, 0.4) is 0 Å². The summed E-state index contributed by atoms with van der Waals surface area (Å²) in [5, 5.41) is 0. The molecule has 19 heavy (non-hydrogen) atoms. The van der Waals surface area contributed by atoms with Crippen LogP contribution in [0.4, 0.5) is 0 Å². The van der Waals surface area contributed by atoms with E-state index in [0.29, 0.717) is 0 Å². The molecule has 0 unspecified atom stereocenters. The smallest absolute Gasteiger partial charge is 0.0228 e. The van der Waals surface area contributed by atoms with Gasteiger partial charge < -0.3 is 0 Å². The molecule has 0 aliphatic heterocycles. The molecule has 0 N–H and O–H groups in total. The van der Waals surface area contributed by atoms with Crippen LogP contribution in [0.5, 0.6) is 0 Å². The summed E-state index contributed by atoms with van der Waals surface area (Å²) in [5.41, 5.74) is 5.27. The SMILES string of the molecule is C=Cc1ccccc1.CC(C)=C(C)c1ccccc1. The first-order valence-corrected chi connectivity index (χ1v) is 6.52. The Hall–Kier alpha value is -2.08. The molecule has 0 aromatic heterocycles. The maximum absolute atomic E-state index is 3.63. The molecule has 98 valence electrons. The van der Waals surface area contributed by atoms with Crippen molar-refractivity contribution in [2.24, 2.45) is 0 Å². The van der Waals surface area contributed by atoms with E-state index in [0.717, 1.165) is 0 Å². The maximum Gasteiger partial charge on any atom is -0.0228 e. The molecule has 0 bridgehead atoms. The monoisotopic (exact) mass is 250 g/mol. The van der Waals surface area contributed by atoms with Crippen molar-refractivity contribution in [3.63, 3.8) is 0 Å². The third-order valence-corrected chi connectivity index (χ3v) is 2.99. The van der Waals surface area contributed by atoms with Crippen molar-refractivity contribution >= 4 is 11.6 Å². The van der Waals surface area contributed by atoms with Crippen LogP contribution in [0.15, 0.2) is 72.8 Å². The van der Waals surface area contributed by atoms with Gasteiger partial charge in [-0.3, -0.25) is 0 Å². The van der Waals surface area contributed by atoms with Gasteiger partial charge >= 0.3 is 0 Å². The fourth-order valence-electron chi connectivity index (χ4n) is 1.57. The summed E-state index contributed by atoms with van der Waals surface area (Å²) in [6.45, 7) is 10.1. The summed E-state index contributed by atoms with van der Waals surface area (Å²) in [7, 11) is 0. The zero-order valence-corrected chi connectivity index (χ0v) is 12.1. The van der Waals surface area contributed by atoms with Crippen LogP contribution in [0.2, 0.25) is 0 Å². The Bertz CT molecular complexity index is 514. The average Bonchev–Trinajstić information content (AvgIpc) is 2.48. The Morgan fingerprint density at radius 3 is 1.63 bits per heavy atom. The number of rotatable bonds is 2. The molecule has 0 atom stereocenters. The van der Waals surface area contributed by atoms with Gasteiger partial charge in [0.25, 0.3) is 0 Å². The van der Waals surface area contributed by atoms with Crippen molar-refractivity contribution in [3.05, 3.63) is 83.9 Å². The average molecular weight is 250 g/mol. The standard InChI is InChI=1S/C11H14.C8H8/c1-9(2)10(3)11-7-5-4-6-8-11;1-2-8-6-4-3-5-7-8/h4-8H,1-3H3;2-7H,1H2. The van der Waals surface area contributed by atoms with E-state index in [2.05, 4.69) is 51.6 Å². The summed E-state index contributed by atoms with van der Waals surface area (Å²) in [6, 6.07) is 20.5. The molecule has 0 nitrogen and oxygen atoms in total. The molecule has 0 fully saturated rings. The predicted molar refractivity (Wildman–Crippen MR) is 86.9 cm³/mol. The van der Waals surface area contributed by atoms with Crippen molar-refractivity contribution in [3.8, 4) is 0 Å². The quantitative estimate of drug-likeness (QED) is 0.629. The minimum Gasteiger partial charge on any atom is -0.0985 e. The minimum atomic E-state index is 1.17. The fraction of sp³-hybridized carbons (Fsp3) is 0.158. The van der Waals surface area contributed by atoms with Gasteiger partial charge in [-0.25, -0.2) is 0 Å². The first-order chi connectivity index (χ1) is 9.15. The van der Waals surface area contributed by atoms with Crippen LogP contribution >= 0.6 is 0 Å². The highest BCUT2D eigenvalue weighted by atomic mass is 14.0. The number of benzene rings is 2. The van der Waals surface area contributed by atoms with Gasteiger partial charge in [-0.2, -0.15) is 0 Å². The molecule has 0 heteroatoms. The Kier molecular flexibility index (Phi) is 6.38. The summed E-state index contributed by atoms with van der Waals surface area (Å²) in [4.78, 5) is 0. The van der Waals surface area contributed by atoms with Crippen LogP contribution in [-0.2, 0) is 0 Å². The highest BCUT2D eigenvalue weighted by Crippen LogP contribution is 2.16. The van der Waals surface area contributed by atoms with Crippen molar-refractivity contribution in [2.75, 3.05) is 0 Å². The van der Waals surface area contributed by atoms with Gasteiger partial charge in [0.05, 0.1) is 0 Å². The molecule has 2 aromatic carbocycles. The van der Waals surface area contributed by atoms with Gasteiger partial charge in [0.1, 0.15) is 0 Å². The molecule has 0 aliphatic rings. The van der Waals surface area contributed by atoms with E-state index in [1.807, 2.05) is 42.5 Å². The zero-order chi connectivity index (χ0) is 14.1. The molecule has 0 radical (unpaired) electrons. The van der Waals surface area contributed by atoms with Gasteiger partial charge in [0, 0.05) is 0 Å². The lowest BCUT2D eigenvalue weighted by Crippen LogP contribution is -1.79. The van der Waals surface area contributed by atoms with Crippen molar-refractivity contribution in [1.29, 1.82) is 0 Å². The van der Waals surface area contributed by atoms with E-state index < -0.39 is 0 Å². The van der Waals surface area contributed by atoms with E-state index in [1.165, 1.54) is 22.3 Å². The molecular formula is C19H22. The Morgan fingerprint density at radius 2 is 1.26 bits per heavy atom. The second kappa shape index (κ2) is 8.10. The Labute approximate surface area is 117 Å². The fourth-order valence-corrected chi connectivity index (χ4v) is 1.57. The second-order valence-electron chi connectivity index (χ2n) is 4.61. The van der Waals surface area contributed by atoms with Gasteiger partial charge in [0.2, 0.25) is 0 Å². The largest absolute Gasteiger partial charge is 0.0985 e. The third-order valence-electron chi connectivity index (χ3n) is 2.99. The zero-order valence-electron chi connectivity index (χ0n) is 12.1. The number of allylic oxidation sites excluding steroid dienone is 2. The molecule has 0 aliphatic carbocycles. The topological polar surface area (TPSA) is 0 Å². The molecule has 0 saturated carbocycles. The van der Waals surface area contributed by atoms with Gasteiger partial charge in [-0.05, 0) is 37.5 Å². The third kappa shape index (κ3) is 5.39. The van der Waals surface area contributed by atoms with Gasteiger partial charge in [-0.1, -0.05) is 78.9 Å². The lowest BCUT2D eigenvalue weighted by atomic mass is 10.0. The van der Waals surface area contributed by atoms with Crippen LogP contribution in [0.1, 0.15) is 31.9 Å². The highest BCUT2D eigenvalue weighted by Gasteiger charge is 1.93. The second-order valence-corrected chi connectivity index (χ2v) is 4.61. The Morgan fingerprint density at radius 1 is 0.789 bits per heavy atom. The minimum absolute atomic E-state index is 1.17. The maximum atomic E-state index is 3.63. The first kappa shape index (κ1) is 15.0. The molecular weight excluding hydrogens is 228 g/mol. The highest BCUT2D eigenvalue weighted by molar-refractivity contribution is 5.65. The van der Waals surface area contributed by atoms with E-state index in [9.17, 15) is 0 Å². The lowest BCUT2D eigenvalue weighted by molar-refractivity contribution is 1.36. The summed E-state index contributed by atoms with van der Waals surface area (Å²) in [6.07, 6.45) is 1.83. The van der Waals surface area contributed by atoms with Crippen LogP contribution < -0.4 is 0 Å². The molecule has 0 spiro atoms. The summed E-state index contributed by atoms with van der Waals surface area (Å²) < 4.78 is 0. The molecule has 0 amide bonds. The normalized spacial score (nSPS) is 9.00.